The molecule has 7 nitrogen and oxygen atoms in total. The lowest BCUT2D eigenvalue weighted by atomic mass is 9.87. The maximum Gasteiger partial charge on any atom is 0.230 e. The second-order valence-electron chi connectivity index (χ2n) is 9.96. The number of carbonyl (C=O) groups is 2. The number of aryl methyl sites for hydroxylation is 3. The summed E-state index contributed by atoms with van der Waals surface area (Å²) in [7, 11) is 1.74. The van der Waals surface area contributed by atoms with Crippen LogP contribution in [-0.2, 0) is 16.0 Å². The standard InChI is InChI=1S/C24H35N5O2/c1-15-9-11-18(16(2)14-15)25-23(31)17-10-12-20(30)29(6)21(17)22-26-19(27-28-22)8-7-13-24(3,4)5/h9,11,14,17,21H,7-8,10,12-13H2,1-6H3,(H,25,31)(H,26,27,28)/t17-,21-/m0/s1. The highest BCUT2D eigenvalue weighted by atomic mass is 16.2. The predicted molar refractivity (Wildman–Crippen MR) is 122 cm³/mol. The number of carbonyl (C=O) groups excluding carboxylic acids is 2. The van der Waals surface area contributed by atoms with Crippen LogP contribution >= 0.6 is 0 Å². The molecule has 1 aromatic heterocycles. The first-order valence-electron chi connectivity index (χ1n) is 11.1. The van der Waals surface area contributed by atoms with Crippen molar-refractivity contribution >= 4 is 17.5 Å². The van der Waals surface area contributed by atoms with E-state index in [4.69, 9.17) is 0 Å². The van der Waals surface area contributed by atoms with Crippen molar-refractivity contribution in [3.63, 3.8) is 0 Å². The van der Waals surface area contributed by atoms with Crippen molar-refractivity contribution in [2.24, 2.45) is 11.3 Å². The summed E-state index contributed by atoms with van der Waals surface area (Å²) in [6.45, 7) is 10.7. The first-order valence-corrected chi connectivity index (χ1v) is 11.1. The second kappa shape index (κ2) is 9.20. The quantitative estimate of drug-likeness (QED) is 0.720. The molecule has 0 bridgehead atoms. The molecule has 0 aliphatic carbocycles. The van der Waals surface area contributed by atoms with Gasteiger partial charge in [-0.2, -0.15) is 5.10 Å². The summed E-state index contributed by atoms with van der Waals surface area (Å²) in [5.41, 5.74) is 3.24. The Kier molecular flexibility index (Phi) is 6.82. The van der Waals surface area contributed by atoms with Gasteiger partial charge in [0.05, 0.1) is 5.92 Å². The summed E-state index contributed by atoms with van der Waals surface area (Å²) < 4.78 is 0. The molecule has 0 spiro atoms. The van der Waals surface area contributed by atoms with Crippen LogP contribution in [0.4, 0.5) is 5.69 Å². The summed E-state index contributed by atoms with van der Waals surface area (Å²) in [5.74, 6) is 0.831. The lowest BCUT2D eigenvalue weighted by Crippen LogP contribution is -2.45. The van der Waals surface area contributed by atoms with Crippen LogP contribution in [0.25, 0.3) is 0 Å². The van der Waals surface area contributed by atoms with E-state index in [1.807, 2.05) is 32.0 Å². The average molecular weight is 426 g/mol. The van der Waals surface area contributed by atoms with E-state index in [-0.39, 0.29) is 17.2 Å². The van der Waals surface area contributed by atoms with E-state index in [0.717, 1.165) is 41.9 Å². The number of benzene rings is 1. The van der Waals surface area contributed by atoms with E-state index in [9.17, 15) is 9.59 Å². The molecule has 1 aliphatic rings. The van der Waals surface area contributed by atoms with E-state index in [0.29, 0.717) is 18.7 Å². The number of hydrogen-bond donors (Lipinski definition) is 2. The lowest BCUT2D eigenvalue weighted by molar-refractivity contribution is -0.140. The van der Waals surface area contributed by atoms with E-state index >= 15 is 0 Å². The number of hydrogen-bond acceptors (Lipinski definition) is 4. The lowest BCUT2D eigenvalue weighted by Gasteiger charge is -2.36. The van der Waals surface area contributed by atoms with Gasteiger partial charge in [-0.05, 0) is 50.2 Å². The van der Waals surface area contributed by atoms with Gasteiger partial charge in [-0.3, -0.25) is 14.7 Å². The molecule has 0 unspecified atom stereocenters. The Morgan fingerprint density at radius 1 is 1.29 bits per heavy atom. The molecule has 1 saturated heterocycles. The molecule has 7 heteroatoms. The number of rotatable bonds is 6. The van der Waals surface area contributed by atoms with Crippen molar-refractivity contribution in [3.05, 3.63) is 41.0 Å². The monoisotopic (exact) mass is 425 g/mol. The van der Waals surface area contributed by atoms with E-state index in [2.05, 4.69) is 41.3 Å². The van der Waals surface area contributed by atoms with Crippen LogP contribution in [-0.4, -0.2) is 38.9 Å². The van der Waals surface area contributed by atoms with Crippen molar-refractivity contribution in [1.82, 2.24) is 20.1 Å². The van der Waals surface area contributed by atoms with Crippen LogP contribution in [0.3, 0.4) is 0 Å². The van der Waals surface area contributed by atoms with Crippen molar-refractivity contribution in [2.75, 3.05) is 12.4 Å². The Morgan fingerprint density at radius 2 is 2.03 bits per heavy atom. The summed E-state index contributed by atoms with van der Waals surface area (Å²) >= 11 is 0. The Morgan fingerprint density at radius 3 is 2.71 bits per heavy atom. The Bertz CT molecular complexity index is 944. The van der Waals surface area contributed by atoms with Crippen molar-refractivity contribution in [3.8, 4) is 0 Å². The van der Waals surface area contributed by atoms with Crippen molar-refractivity contribution < 1.29 is 9.59 Å². The molecule has 2 aromatic rings. The van der Waals surface area contributed by atoms with Crippen LogP contribution in [0.5, 0.6) is 0 Å². The largest absolute Gasteiger partial charge is 0.335 e. The molecule has 31 heavy (non-hydrogen) atoms. The van der Waals surface area contributed by atoms with Gasteiger partial charge in [0.15, 0.2) is 5.82 Å². The minimum Gasteiger partial charge on any atom is -0.335 e. The summed E-state index contributed by atoms with van der Waals surface area (Å²) in [4.78, 5) is 31.9. The molecule has 1 aromatic carbocycles. The highest BCUT2D eigenvalue weighted by Crippen LogP contribution is 2.35. The van der Waals surface area contributed by atoms with Gasteiger partial charge in [0, 0.05) is 25.6 Å². The van der Waals surface area contributed by atoms with Gasteiger partial charge in [0.25, 0.3) is 0 Å². The van der Waals surface area contributed by atoms with Gasteiger partial charge in [0.1, 0.15) is 11.9 Å². The molecule has 3 rings (SSSR count). The molecule has 2 atom stereocenters. The maximum absolute atomic E-state index is 13.2. The fourth-order valence-electron chi connectivity index (χ4n) is 4.19. The number of nitrogens with one attached hydrogen (secondary N) is 2. The number of piperidine rings is 1. The number of aromatic amines is 1. The Hall–Kier alpha value is -2.70. The Balaban J connectivity index is 1.77. The molecule has 168 valence electrons. The number of aromatic nitrogens is 3. The molecular weight excluding hydrogens is 390 g/mol. The van der Waals surface area contributed by atoms with Gasteiger partial charge >= 0.3 is 0 Å². The van der Waals surface area contributed by atoms with Crippen molar-refractivity contribution in [2.45, 2.75) is 72.8 Å². The van der Waals surface area contributed by atoms with Crippen LogP contribution in [0, 0.1) is 25.2 Å². The van der Waals surface area contributed by atoms with E-state index in [1.165, 1.54) is 0 Å². The predicted octanol–water partition coefficient (Wildman–Crippen LogP) is 4.34. The minimum absolute atomic E-state index is 0.0136. The van der Waals surface area contributed by atoms with Gasteiger partial charge in [-0.1, -0.05) is 38.5 Å². The highest BCUT2D eigenvalue weighted by Gasteiger charge is 2.41. The molecule has 1 aliphatic heterocycles. The fraction of sp³-hybridized carbons (Fsp3) is 0.583. The molecular formula is C24H35N5O2. The van der Waals surface area contributed by atoms with Gasteiger partial charge in [0.2, 0.25) is 11.8 Å². The second-order valence-corrected chi connectivity index (χ2v) is 9.96. The summed E-state index contributed by atoms with van der Waals surface area (Å²) in [6, 6.07) is 5.48. The number of anilines is 1. The SMILES string of the molecule is Cc1ccc(NC(=O)[C@H]2CCC(=O)N(C)[C@@H]2c2n[nH]c(CCCC(C)(C)C)n2)c(C)c1. The summed E-state index contributed by atoms with van der Waals surface area (Å²) in [6.07, 6.45) is 3.73. The molecule has 1 fully saturated rings. The molecule has 0 saturated carbocycles. The zero-order chi connectivity index (χ0) is 22.8. The van der Waals surface area contributed by atoms with Gasteiger partial charge in [-0.25, -0.2) is 4.98 Å². The third-order valence-electron chi connectivity index (χ3n) is 5.99. The normalized spacial score (nSPS) is 19.5. The molecule has 2 N–H and O–H groups in total. The van der Waals surface area contributed by atoms with Crippen LogP contribution < -0.4 is 5.32 Å². The fourth-order valence-corrected chi connectivity index (χ4v) is 4.19. The third-order valence-corrected chi connectivity index (χ3v) is 5.99. The smallest absolute Gasteiger partial charge is 0.230 e. The van der Waals surface area contributed by atoms with Crippen LogP contribution in [0.15, 0.2) is 18.2 Å². The average Bonchev–Trinajstić information content (AvgIpc) is 3.13. The number of likely N-dealkylation sites (tertiary alicyclic amines) is 1. The molecule has 2 heterocycles. The molecule has 0 radical (unpaired) electrons. The number of nitrogens with zero attached hydrogens (tertiary/aromatic N) is 3. The topological polar surface area (TPSA) is 91.0 Å². The first-order chi connectivity index (χ1) is 14.5. The zero-order valence-electron chi connectivity index (χ0n) is 19.6. The minimum atomic E-state index is -0.473. The number of H-pyrrole nitrogens is 1. The van der Waals surface area contributed by atoms with E-state index < -0.39 is 12.0 Å². The maximum atomic E-state index is 13.2. The Labute approximate surface area is 185 Å². The van der Waals surface area contributed by atoms with Crippen molar-refractivity contribution in [1.29, 1.82) is 0 Å². The third kappa shape index (κ3) is 5.71. The van der Waals surface area contributed by atoms with E-state index in [1.54, 1.807) is 11.9 Å². The summed E-state index contributed by atoms with van der Waals surface area (Å²) in [5, 5.41) is 10.5. The van der Waals surface area contributed by atoms with Crippen LogP contribution in [0.1, 0.15) is 75.3 Å². The first kappa shape index (κ1) is 23.0. The number of amides is 2. The molecule has 2 amide bonds. The van der Waals surface area contributed by atoms with Gasteiger partial charge in [-0.15, -0.1) is 0 Å². The highest BCUT2D eigenvalue weighted by molar-refractivity contribution is 5.95. The van der Waals surface area contributed by atoms with Gasteiger partial charge < -0.3 is 10.2 Å². The zero-order valence-corrected chi connectivity index (χ0v) is 19.6. The van der Waals surface area contributed by atoms with Crippen LogP contribution in [0.2, 0.25) is 0 Å².